The van der Waals surface area contributed by atoms with Crippen LogP contribution in [0.5, 0.6) is 5.75 Å². The second-order valence-electron chi connectivity index (χ2n) is 11.8. The van der Waals surface area contributed by atoms with Crippen molar-refractivity contribution in [1.29, 1.82) is 0 Å². The van der Waals surface area contributed by atoms with Gasteiger partial charge in [-0.1, -0.05) is 54.6 Å². The van der Waals surface area contributed by atoms with E-state index < -0.39 is 0 Å². The zero-order valence-corrected chi connectivity index (χ0v) is 27.1. The van der Waals surface area contributed by atoms with Gasteiger partial charge in [0.05, 0.1) is 16.3 Å². The molecule has 5 nitrogen and oxygen atoms in total. The molecule has 0 bridgehead atoms. The van der Waals surface area contributed by atoms with Gasteiger partial charge in [-0.05, 0) is 108 Å². The molecule has 2 aliphatic heterocycles. The molecular weight excluding hydrogens is 615 g/mol. The topological polar surface area (TPSA) is 55.8 Å². The summed E-state index contributed by atoms with van der Waals surface area (Å²) in [5, 5.41) is 3.16. The Bertz CT molecular complexity index is 2270. The van der Waals surface area contributed by atoms with E-state index in [4.69, 9.17) is 9.47 Å². The van der Waals surface area contributed by atoms with Crippen LogP contribution in [0.15, 0.2) is 167 Å². The molecule has 0 spiro atoms. The van der Waals surface area contributed by atoms with Crippen LogP contribution in [0, 0.1) is 0 Å². The fraction of sp³-hybridized carbons (Fsp3) is 0.0476. The summed E-state index contributed by atoms with van der Waals surface area (Å²) in [5.41, 5.74) is 7.46. The average Bonchev–Trinajstić information content (AvgIpc) is 3.71. The lowest BCUT2D eigenvalue weighted by Gasteiger charge is -2.26. The third kappa shape index (κ3) is 5.32. The molecule has 1 aliphatic carbocycles. The number of nitrogens with zero attached hydrogens (tertiary/aromatic N) is 1. The monoisotopic (exact) mass is 643 g/mol. The number of carbonyl (C=O) groups is 2. The molecule has 8 rings (SSSR count). The van der Waals surface area contributed by atoms with E-state index in [0.717, 1.165) is 44.4 Å². The number of rotatable bonds is 5. The van der Waals surface area contributed by atoms with Gasteiger partial charge in [-0.25, -0.2) is 0 Å². The molecule has 0 N–H and O–H groups in total. The number of ether oxygens (including phenoxy) is 2. The Morgan fingerprint density at radius 2 is 1.40 bits per heavy atom. The number of ketones is 2. The van der Waals surface area contributed by atoms with Gasteiger partial charge in [0.15, 0.2) is 11.6 Å². The van der Waals surface area contributed by atoms with Gasteiger partial charge in [0, 0.05) is 34.5 Å². The van der Waals surface area contributed by atoms with Gasteiger partial charge in [0.2, 0.25) is 0 Å². The molecule has 0 amide bonds. The first-order valence-electron chi connectivity index (χ1n) is 15.6. The van der Waals surface area contributed by atoms with Crippen molar-refractivity contribution in [2.45, 2.75) is 13.8 Å². The van der Waals surface area contributed by atoms with Crippen LogP contribution in [0.25, 0.3) is 16.7 Å². The fourth-order valence-corrected chi connectivity index (χ4v) is 7.12. The lowest BCUT2D eigenvalue weighted by atomic mass is 9.99. The molecule has 0 saturated heterocycles. The predicted octanol–water partition coefficient (Wildman–Crippen LogP) is 10.8. The van der Waals surface area contributed by atoms with E-state index in [1.165, 1.54) is 0 Å². The number of hydrogen-bond donors (Lipinski definition) is 0. The smallest absolute Gasteiger partial charge is 0.198 e. The molecular formula is C42H29NO4S. The van der Waals surface area contributed by atoms with Gasteiger partial charge in [-0.2, -0.15) is 0 Å². The Kier molecular flexibility index (Phi) is 7.35. The first-order chi connectivity index (χ1) is 23.4. The zero-order valence-electron chi connectivity index (χ0n) is 26.3. The summed E-state index contributed by atoms with van der Waals surface area (Å²) >= 11 is 1.67. The van der Waals surface area contributed by atoms with Crippen molar-refractivity contribution in [3.05, 3.63) is 184 Å². The minimum atomic E-state index is -0.281. The standard InChI is InChI=1S/C42H29NO4S/c1-26-20-33(47-38-24-32(16-18-35(26)38)43(39-14-9-19-48-39)31-12-7-4-8-13-31)25-34-22-30(21-27(2)46-34)40-41(44)36-17-15-29(23-37(36)42(40)45)28-10-5-3-6-11-28/h3-25H,1-2H3/b33-25?,40-30+. The second-order valence-corrected chi connectivity index (χ2v) is 12.7. The number of anilines is 3. The Morgan fingerprint density at radius 3 is 2.17 bits per heavy atom. The number of para-hydroxylation sites is 1. The summed E-state index contributed by atoms with van der Waals surface area (Å²) in [6.07, 6.45) is 7.24. The Hall–Kier alpha value is -5.98. The van der Waals surface area contributed by atoms with Gasteiger partial charge in [-0.3, -0.25) is 9.59 Å². The van der Waals surface area contributed by atoms with Crippen molar-refractivity contribution < 1.29 is 19.1 Å². The predicted molar refractivity (Wildman–Crippen MR) is 192 cm³/mol. The fourth-order valence-electron chi connectivity index (χ4n) is 6.35. The lowest BCUT2D eigenvalue weighted by Crippen LogP contribution is -2.10. The Morgan fingerprint density at radius 1 is 0.646 bits per heavy atom. The second kappa shape index (κ2) is 12.0. The van der Waals surface area contributed by atoms with E-state index in [1.807, 2.05) is 79.7 Å². The van der Waals surface area contributed by atoms with E-state index in [2.05, 4.69) is 53.6 Å². The zero-order chi connectivity index (χ0) is 32.8. The molecule has 232 valence electrons. The molecule has 1 aromatic heterocycles. The Balaban J connectivity index is 1.13. The maximum atomic E-state index is 13.7. The molecule has 5 aromatic rings. The Labute approximate surface area is 282 Å². The lowest BCUT2D eigenvalue weighted by molar-refractivity contribution is 0.0987. The minimum Gasteiger partial charge on any atom is -0.462 e. The van der Waals surface area contributed by atoms with Crippen molar-refractivity contribution in [2.24, 2.45) is 0 Å². The maximum Gasteiger partial charge on any atom is 0.198 e. The third-order valence-electron chi connectivity index (χ3n) is 8.55. The van der Waals surface area contributed by atoms with E-state index in [-0.39, 0.29) is 17.1 Å². The van der Waals surface area contributed by atoms with Gasteiger partial charge >= 0.3 is 0 Å². The van der Waals surface area contributed by atoms with Gasteiger partial charge < -0.3 is 14.4 Å². The first-order valence-corrected chi connectivity index (χ1v) is 16.5. The van der Waals surface area contributed by atoms with Crippen LogP contribution in [0.3, 0.4) is 0 Å². The number of fused-ring (bicyclic) bond motifs is 2. The van der Waals surface area contributed by atoms with Crippen molar-refractivity contribution in [3.63, 3.8) is 0 Å². The van der Waals surface area contributed by atoms with E-state index >= 15 is 0 Å². The van der Waals surface area contributed by atoms with Crippen LogP contribution in [-0.2, 0) is 4.74 Å². The first kappa shape index (κ1) is 29.4. The van der Waals surface area contributed by atoms with Crippen LogP contribution in [-0.4, -0.2) is 11.6 Å². The SMILES string of the molecule is CC1=C/C(=C2/C(=O)c3ccc(-c4ccccc4)cc3C2=O)C=C(C=C2C=C(C)c3ccc(N(c4ccccc4)c4cccs4)cc3O2)O1. The third-order valence-corrected chi connectivity index (χ3v) is 9.41. The molecule has 3 heterocycles. The maximum absolute atomic E-state index is 13.7. The van der Waals surface area contributed by atoms with Gasteiger partial charge in [0.25, 0.3) is 0 Å². The summed E-state index contributed by atoms with van der Waals surface area (Å²) in [4.78, 5) is 29.5. The molecule has 0 saturated carbocycles. The van der Waals surface area contributed by atoms with Crippen LogP contribution >= 0.6 is 11.3 Å². The molecule has 0 radical (unpaired) electrons. The normalized spacial score (nSPS) is 17.5. The highest BCUT2D eigenvalue weighted by atomic mass is 32.1. The van der Waals surface area contributed by atoms with Crippen molar-refractivity contribution in [3.8, 4) is 16.9 Å². The van der Waals surface area contributed by atoms with E-state index in [9.17, 15) is 9.59 Å². The highest BCUT2D eigenvalue weighted by molar-refractivity contribution is 7.14. The molecule has 0 atom stereocenters. The highest BCUT2D eigenvalue weighted by Crippen LogP contribution is 2.43. The van der Waals surface area contributed by atoms with Crippen LogP contribution in [0.1, 0.15) is 40.1 Å². The van der Waals surface area contributed by atoms with Crippen LogP contribution < -0.4 is 9.64 Å². The number of carbonyl (C=O) groups excluding carboxylic acids is 2. The molecule has 3 aliphatic rings. The molecule has 48 heavy (non-hydrogen) atoms. The van der Waals surface area contributed by atoms with Gasteiger partial charge in [0.1, 0.15) is 23.0 Å². The van der Waals surface area contributed by atoms with E-state index in [0.29, 0.717) is 34.0 Å². The summed E-state index contributed by atoms with van der Waals surface area (Å²) in [6.45, 7) is 3.86. The van der Waals surface area contributed by atoms with Crippen molar-refractivity contribution >= 4 is 44.9 Å². The number of allylic oxidation sites excluding steroid dienone is 8. The van der Waals surface area contributed by atoms with Gasteiger partial charge in [-0.15, -0.1) is 11.3 Å². The summed E-state index contributed by atoms with van der Waals surface area (Å²) in [7, 11) is 0. The molecule has 0 fully saturated rings. The molecule has 0 unspecified atom stereocenters. The van der Waals surface area contributed by atoms with Crippen molar-refractivity contribution in [1.82, 2.24) is 0 Å². The minimum absolute atomic E-state index is 0.148. The summed E-state index contributed by atoms with van der Waals surface area (Å²) in [6, 6.07) is 35.9. The quantitative estimate of drug-likeness (QED) is 0.141. The number of thiophene rings is 1. The molecule has 4 aromatic carbocycles. The highest BCUT2D eigenvalue weighted by Gasteiger charge is 2.36. The summed E-state index contributed by atoms with van der Waals surface area (Å²) in [5.74, 6) is 1.80. The largest absolute Gasteiger partial charge is 0.462 e. The number of Topliss-reactive ketones (excluding diaryl/α,β-unsaturated/α-hetero) is 2. The molecule has 6 heteroatoms. The number of hydrogen-bond acceptors (Lipinski definition) is 6. The van der Waals surface area contributed by atoms with Crippen LogP contribution in [0.4, 0.5) is 16.4 Å². The van der Waals surface area contributed by atoms with Crippen LogP contribution in [0.2, 0.25) is 0 Å². The van der Waals surface area contributed by atoms with E-state index in [1.54, 1.807) is 35.6 Å². The number of benzene rings is 4. The summed E-state index contributed by atoms with van der Waals surface area (Å²) < 4.78 is 12.5. The van der Waals surface area contributed by atoms with Crippen molar-refractivity contribution in [2.75, 3.05) is 4.90 Å². The average molecular weight is 644 g/mol.